The average Bonchev–Trinajstić information content (AvgIpc) is 2.62. The van der Waals surface area contributed by atoms with Crippen molar-refractivity contribution in [3.05, 3.63) is 65.5 Å². The van der Waals surface area contributed by atoms with Gasteiger partial charge in [0.25, 0.3) is 0 Å². The maximum absolute atomic E-state index is 11.4. The van der Waals surface area contributed by atoms with E-state index in [0.717, 1.165) is 37.8 Å². The summed E-state index contributed by atoms with van der Waals surface area (Å²) in [4.78, 5) is 15.9. The first-order chi connectivity index (χ1) is 12.5. The first kappa shape index (κ1) is 20.1. The standard InChI is InChI=1S/C21H28N2O3/c1-17(25)23-21(26,15-16-24)20-14-8-13-19(22-20)12-7-3-6-11-18-9-4-2-5-10-18/h2,4-5,8-10,13-14,24,26H,3,6-7,11-12,15-16H2,1H3,(H,23,25). The molecular weight excluding hydrogens is 328 g/mol. The summed E-state index contributed by atoms with van der Waals surface area (Å²) in [5, 5.41) is 22.3. The van der Waals surface area contributed by atoms with Gasteiger partial charge in [0.2, 0.25) is 5.91 Å². The number of aryl methyl sites for hydroxylation is 2. The van der Waals surface area contributed by atoms with E-state index in [2.05, 4.69) is 34.6 Å². The SMILES string of the molecule is CC(=O)NC(O)(CCO)c1cccc(CCCCCc2ccccc2)n1. The molecule has 1 aromatic carbocycles. The number of aromatic nitrogens is 1. The quantitative estimate of drug-likeness (QED) is 0.451. The number of amides is 1. The molecular formula is C21H28N2O3. The molecule has 0 radical (unpaired) electrons. The maximum atomic E-state index is 11.4. The number of rotatable bonds is 10. The number of carbonyl (C=O) groups is 1. The van der Waals surface area contributed by atoms with E-state index in [1.165, 1.54) is 12.5 Å². The molecule has 0 aliphatic rings. The normalized spacial score (nSPS) is 13.2. The monoisotopic (exact) mass is 356 g/mol. The summed E-state index contributed by atoms with van der Waals surface area (Å²) in [5.74, 6) is -0.367. The first-order valence-corrected chi connectivity index (χ1v) is 9.16. The third kappa shape index (κ3) is 6.24. The van der Waals surface area contributed by atoms with Crippen molar-refractivity contribution in [2.24, 2.45) is 0 Å². The van der Waals surface area contributed by atoms with Gasteiger partial charge in [-0.1, -0.05) is 42.8 Å². The third-order valence-corrected chi connectivity index (χ3v) is 4.33. The van der Waals surface area contributed by atoms with Crippen LogP contribution in [0.15, 0.2) is 48.5 Å². The van der Waals surface area contributed by atoms with Crippen molar-refractivity contribution in [2.75, 3.05) is 6.61 Å². The molecule has 1 atom stereocenters. The molecule has 1 aromatic heterocycles. The van der Waals surface area contributed by atoms with E-state index >= 15 is 0 Å². The number of carbonyl (C=O) groups excluding carboxylic acids is 1. The number of nitrogens with one attached hydrogen (secondary N) is 1. The van der Waals surface area contributed by atoms with E-state index in [9.17, 15) is 15.0 Å². The van der Waals surface area contributed by atoms with Crippen LogP contribution in [0.2, 0.25) is 0 Å². The van der Waals surface area contributed by atoms with Crippen molar-refractivity contribution >= 4 is 5.91 Å². The first-order valence-electron chi connectivity index (χ1n) is 9.16. The molecule has 0 aliphatic heterocycles. The van der Waals surface area contributed by atoms with Crippen LogP contribution in [-0.4, -0.2) is 27.7 Å². The molecule has 2 aromatic rings. The predicted octanol–water partition coefficient (Wildman–Crippen LogP) is 2.70. The van der Waals surface area contributed by atoms with E-state index in [-0.39, 0.29) is 18.9 Å². The Morgan fingerprint density at radius 2 is 1.77 bits per heavy atom. The number of hydrogen-bond donors (Lipinski definition) is 3. The summed E-state index contributed by atoms with van der Waals surface area (Å²) < 4.78 is 0. The number of nitrogens with zero attached hydrogens (tertiary/aromatic N) is 1. The van der Waals surface area contributed by atoms with Gasteiger partial charge in [-0.25, -0.2) is 0 Å². The fourth-order valence-electron chi connectivity index (χ4n) is 3.01. The number of aliphatic hydroxyl groups excluding tert-OH is 1. The van der Waals surface area contributed by atoms with Crippen molar-refractivity contribution in [3.63, 3.8) is 0 Å². The summed E-state index contributed by atoms with van der Waals surface area (Å²) in [6.07, 6.45) is 5.14. The molecule has 0 saturated heterocycles. The summed E-state index contributed by atoms with van der Waals surface area (Å²) in [5.41, 5.74) is 0.966. The van der Waals surface area contributed by atoms with Crippen LogP contribution in [0.5, 0.6) is 0 Å². The second-order valence-electron chi connectivity index (χ2n) is 6.58. The second kappa shape index (κ2) is 10.0. The average molecular weight is 356 g/mol. The highest BCUT2D eigenvalue weighted by Gasteiger charge is 2.31. The van der Waals surface area contributed by atoms with E-state index in [4.69, 9.17) is 0 Å². The summed E-state index contributed by atoms with van der Waals surface area (Å²) in [6, 6.07) is 15.9. The molecule has 1 unspecified atom stereocenters. The Balaban J connectivity index is 1.88. The molecule has 2 rings (SSSR count). The number of aliphatic hydroxyl groups is 2. The van der Waals surface area contributed by atoms with Crippen LogP contribution < -0.4 is 5.32 Å². The van der Waals surface area contributed by atoms with Crippen LogP contribution in [-0.2, 0) is 23.4 Å². The molecule has 0 spiro atoms. The zero-order valence-corrected chi connectivity index (χ0v) is 15.3. The maximum Gasteiger partial charge on any atom is 0.219 e. The zero-order valence-electron chi connectivity index (χ0n) is 15.3. The van der Waals surface area contributed by atoms with E-state index < -0.39 is 5.72 Å². The largest absolute Gasteiger partial charge is 0.396 e. The van der Waals surface area contributed by atoms with Gasteiger partial charge in [0.15, 0.2) is 5.72 Å². The van der Waals surface area contributed by atoms with Gasteiger partial charge in [0.1, 0.15) is 0 Å². The lowest BCUT2D eigenvalue weighted by atomic mass is 10.0. The minimum absolute atomic E-state index is 0.000108. The summed E-state index contributed by atoms with van der Waals surface area (Å²) in [6.45, 7) is 1.08. The van der Waals surface area contributed by atoms with Crippen molar-refractivity contribution in [1.82, 2.24) is 10.3 Å². The van der Waals surface area contributed by atoms with Crippen molar-refractivity contribution in [3.8, 4) is 0 Å². The fraction of sp³-hybridized carbons (Fsp3) is 0.429. The molecule has 0 bridgehead atoms. The Morgan fingerprint density at radius 1 is 1.04 bits per heavy atom. The van der Waals surface area contributed by atoms with Crippen LogP contribution in [0.4, 0.5) is 0 Å². The number of pyridine rings is 1. The number of unbranched alkanes of at least 4 members (excludes halogenated alkanes) is 2. The highest BCUT2D eigenvalue weighted by molar-refractivity contribution is 5.73. The smallest absolute Gasteiger partial charge is 0.219 e. The number of hydrogen-bond acceptors (Lipinski definition) is 4. The zero-order chi connectivity index (χ0) is 18.8. The fourth-order valence-corrected chi connectivity index (χ4v) is 3.01. The van der Waals surface area contributed by atoms with Gasteiger partial charge in [-0.2, -0.15) is 0 Å². The van der Waals surface area contributed by atoms with Crippen LogP contribution >= 0.6 is 0 Å². The molecule has 5 nitrogen and oxygen atoms in total. The Morgan fingerprint density at radius 3 is 2.46 bits per heavy atom. The Kier molecular flexibility index (Phi) is 7.75. The molecule has 1 heterocycles. The topological polar surface area (TPSA) is 82.5 Å². The van der Waals surface area contributed by atoms with Crippen molar-refractivity contribution in [2.45, 2.75) is 51.2 Å². The van der Waals surface area contributed by atoms with Crippen LogP contribution in [0.1, 0.15) is 49.6 Å². The molecule has 26 heavy (non-hydrogen) atoms. The number of benzene rings is 1. The van der Waals surface area contributed by atoms with Crippen molar-refractivity contribution in [1.29, 1.82) is 0 Å². The molecule has 0 fully saturated rings. The van der Waals surface area contributed by atoms with E-state index in [1.807, 2.05) is 18.2 Å². The molecule has 3 N–H and O–H groups in total. The van der Waals surface area contributed by atoms with Crippen LogP contribution in [0.25, 0.3) is 0 Å². The predicted molar refractivity (Wildman–Crippen MR) is 101 cm³/mol. The lowest BCUT2D eigenvalue weighted by molar-refractivity contribution is -0.128. The molecule has 0 aliphatic carbocycles. The second-order valence-corrected chi connectivity index (χ2v) is 6.58. The molecule has 5 heteroatoms. The van der Waals surface area contributed by atoms with Gasteiger partial charge < -0.3 is 15.5 Å². The Hall–Kier alpha value is -2.24. The van der Waals surface area contributed by atoms with Gasteiger partial charge >= 0.3 is 0 Å². The van der Waals surface area contributed by atoms with Gasteiger partial charge in [-0.05, 0) is 43.4 Å². The molecule has 0 saturated carbocycles. The minimum Gasteiger partial charge on any atom is -0.396 e. The van der Waals surface area contributed by atoms with Crippen LogP contribution in [0.3, 0.4) is 0 Å². The Labute approximate surface area is 155 Å². The van der Waals surface area contributed by atoms with Crippen molar-refractivity contribution < 1.29 is 15.0 Å². The third-order valence-electron chi connectivity index (χ3n) is 4.33. The highest BCUT2D eigenvalue weighted by atomic mass is 16.3. The minimum atomic E-state index is -1.64. The van der Waals surface area contributed by atoms with Crippen LogP contribution in [0, 0.1) is 0 Å². The van der Waals surface area contributed by atoms with E-state index in [1.54, 1.807) is 6.07 Å². The van der Waals surface area contributed by atoms with Gasteiger partial charge in [-0.15, -0.1) is 0 Å². The summed E-state index contributed by atoms with van der Waals surface area (Å²) in [7, 11) is 0. The van der Waals surface area contributed by atoms with E-state index in [0.29, 0.717) is 5.69 Å². The summed E-state index contributed by atoms with van der Waals surface area (Å²) >= 11 is 0. The Bertz CT molecular complexity index is 691. The van der Waals surface area contributed by atoms with Gasteiger partial charge in [-0.3, -0.25) is 9.78 Å². The lowest BCUT2D eigenvalue weighted by Crippen LogP contribution is -2.46. The molecule has 1 amide bonds. The molecule has 140 valence electrons. The van der Waals surface area contributed by atoms with Gasteiger partial charge in [0, 0.05) is 25.6 Å². The highest BCUT2D eigenvalue weighted by Crippen LogP contribution is 2.21. The lowest BCUT2D eigenvalue weighted by Gasteiger charge is -2.27. The van der Waals surface area contributed by atoms with Gasteiger partial charge in [0.05, 0.1) is 5.69 Å².